The molecule has 5 N–H and O–H groups in total. The highest BCUT2D eigenvalue weighted by atomic mass is 32.2. The van der Waals surface area contributed by atoms with Crippen molar-refractivity contribution in [3.05, 3.63) is 71.7 Å². The van der Waals surface area contributed by atoms with Gasteiger partial charge in [-0.1, -0.05) is 35.5 Å². The molecule has 0 saturated carbocycles. The first-order chi connectivity index (χ1) is 16.9. The van der Waals surface area contributed by atoms with Gasteiger partial charge in [0, 0.05) is 29.1 Å². The number of nitrogen functional groups attached to an aromatic ring is 1. The average Bonchev–Trinajstić information content (AvgIpc) is 3.29. The first-order valence-electron chi connectivity index (χ1n) is 11.0. The molecule has 10 nitrogen and oxygen atoms in total. The van der Waals surface area contributed by atoms with Crippen LogP contribution in [0.4, 0.5) is 17.5 Å². The maximum atomic E-state index is 12.0. The van der Waals surface area contributed by atoms with Crippen LogP contribution in [-0.2, 0) is 17.2 Å². The van der Waals surface area contributed by atoms with Crippen LogP contribution in [0, 0.1) is 6.92 Å². The number of benzene rings is 2. The standard InChI is InChI=1S/C16H16N6O3S.C8H10O/c1-8-19-15(25-22-8)11-7-18-16(21-14(11)17)20-9-2-3-13-10(6-9)12(23)4-5-26(13)24;9-7-6-8-4-2-1-3-5-8/h2-3,6-7,12,23H,4-5H2,1H3,(H3,17,18,20,21);1-5,9H,6-7H2. The van der Waals surface area contributed by atoms with Gasteiger partial charge in [-0.2, -0.15) is 9.97 Å². The first-order valence-corrected chi connectivity index (χ1v) is 12.3. The molecular formula is C24H26N6O4S. The van der Waals surface area contributed by atoms with E-state index in [1.54, 1.807) is 25.1 Å². The van der Waals surface area contributed by atoms with E-state index in [-0.39, 0.29) is 24.3 Å². The van der Waals surface area contributed by atoms with Gasteiger partial charge in [-0.3, -0.25) is 4.21 Å². The Hall–Kier alpha value is -3.67. The van der Waals surface area contributed by atoms with Crippen LogP contribution < -0.4 is 11.1 Å². The normalized spacial score (nSPS) is 16.7. The topological polar surface area (TPSA) is 160 Å². The van der Waals surface area contributed by atoms with E-state index in [9.17, 15) is 9.32 Å². The minimum Gasteiger partial charge on any atom is -0.396 e. The smallest absolute Gasteiger partial charge is 0.263 e. The quantitative estimate of drug-likeness (QED) is 0.325. The maximum absolute atomic E-state index is 12.0. The van der Waals surface area contributed by atoms with E-state index >= 15 is 0 Å². The summed E-state index contributed by atoms with van der Waals surface area (Å²) >= 11 is 0. The Morgan fingerprint density at radius 3 is 2.69 bits per heavy atom. The molecule has 0 spiro atoms. The first kappa shape index (κ1) is 24.5. The summed E-state index contributed by atoms with van der Waals surface area (Å²) in [6.07, 6.45) is 2.12. The molecule has 4 aromatic rings. The molecule has 1 aliphatic rings. The van der Waals surface area contributed by atoms with Crippen molar-refractivity contribution in [1.82, 2.24) is 20.1 Å². The maximum Gasteiger partial charge on any atom is 0.263 e. The molecule has 0 bridgehead atoms. The molecule has 2 aromatic heterocycles. The fourth-order valence-corrected chi connectivity index (χ4v) is 4.84. The summed E-state index contributed by atoms with van der Waals surface area (Å²) in [5, 5.41) is 25.4. The predicted octanol–water partition coefficient (Wildman–Crippen LogP) is 2.93. The van der Waals surface area contributed by atoms with E-state index < -0.39 is 16.9 Å². The second-order valence-electron chi connectivity index (χ2n) is 7.83. The van der Waals surface area contributed by atoms with Gasteiger partial charge in [0.2, 0.25) is 5.95 Å². The van der Waals surface area contributed by atoms with Crippen molar-refractivity contribution in [2.45, 2.75) is 30.8 Å². The largest absolute Gasteiger partial charge is 0.396 e. The summed E-state index contributed by atoms with van der Waals surface area (Å²) in [4.78, 5) is 13.2. The molecule has 11 heteroatoms. The molecule has 0 amide bonds. The van der Waals surface area contributed by atoms with Gasteiger partial charge in [0.05, 0.1) is 16.9 Å². The van der Waals surface area contributed by atoms with Gasteiger partial charge >= 0.3 is 0 Å². The van der Waals surface area contributed by atoms with Gasteiger partial charge in [-0.05, 0) is 49.1 Å². The van der Waals surface area contributed by atoms with Crippen LogP contribution in [-0.4, -0.2) is 46.9 Å². The van der Waals surface area contributed by atoms with E-state index in [0.29, 0.717) is 39.7 Å². The lowest BCUT2D eigenvalue weighted by Crippen LogP contribution is -2.15. The van der Waals surface area contributed by atoms with Crippen LogP contribution in [0.5, 0.6) is 0 Å². The van der Waals surface area contributed by atoms with E-state index in [0.717, 1.165) is 6.42 Å². The molecule has 0 saturated heterocycles. The lowest BCUT2D eigenvalue weighted by molar-refractivity contribution is 0.169. The summed E-state index contributed by atoms with van der Waals surface area (Å²) in [5.74, 6) is 1.70. The van der Waals surface area contributed by atoms with Crippen molar-refractivity contribution in [2.24, 2.45) is 0 Å². The van der Waals surface area contributed by atoms with Gasteiger partial charge < -0.3 is 25.8 Å². The van der Waals surface area contributed by atoms with Crippen molar-refractivity contribution in [3.63, 3.8) is 0 Å². The minimum atomic E-state index is -1.08. The van der Waals surface area contributed by atoms with E-state index in [1.165, 1.54) is 11.8 Å². The number of hydrogen-bond donors (Lipinski definition) is 4. The highest BCUT2D eigenvalue weighted by Gasteiger charge is 2.23. The molecule has 182 valence electrons. The van der Waals surface area contributed by atoms with Crippen molar-refractivity contribution in [3.8, 4) is 11.5 Å². The fourth-order valence-electron chi connectivity index (χ4n) is 3.51. The second kappa shape index (κ2) is 11.2. The number of anilines is 3. The molecule has 2 unspecified atom stereocenters. The number of hydrogen-bond acceptors (Lipinski definition) is 10. The van der Waals surface area contributed by atoms with E-state index in [2.05, 4.69) is 25.4 Å². The monoisotopic (exact) mass is 494 g/mol. The number of aliphatic hydroxyl groups excluding tert-OH is 2. The molecule has 2 aromatic carbocycles. The molecule has 3 heterocycles. The van der Waals surface area contributed by atoms with E-state index in [1.807, 2.05) is 30.3 Å². The highest BCUT2D eigenvalue weighted by molar-refractivity contribution is 7.85. The summed E-state index contributed by atoms with van der Waals surface area (Å²) in [7, 11) is -1.08. The Balaban J connectivity index is 0.000000271. The van der Waals surface area contributed by atoms with Gasteiger partial charge in [-0.15, -0.1) is 0 Å². The zero-order valence-corrected chi connectivity index (χ0v) is 19.9. The molecule has 5 rings (SSSR count). The number of rotatable bonds is 5. The van der Waals surface area contributed by atoms with Gasteiger partial charge in [0.1, 0.15) is 11.4 Å². The molecule has 35 heavy (non-hydrogen) atoms. The fraction of sp³-hybridized carbons (Fsp3) is 0.250. The van der Waals surface area contributed by atoms with Crippen LogP contribution in [0.15, 0.2) is 64.1 Å². The van der Waals surface area contributed by atoms with Crippen LogP contribution in [0.2, 0.25) is 0 Å². The van der Waals surface area contributed by atoms with Crippen molar-refractivity contribution < 1.29 is 18.9 Å². The molecule has 0 radical (unpaired) electrons. The van der Waals surface area contributed by atoms with Crippen molar-refractivity contribution in [1.29, 1.82) is 0 Å². The predicted molar refractivity (Wildman–Crippen MR) is 132 cm³/mol. The third-order valence-electron chi connectivity index (χ3n) is 5.27. The van der Waals surface area contributed by atoms with E-state index in [4.69, 9.17) is 15.4 Å². The SMILES string of the molecule is Cc1noc(-c2cnc(Nc3ccc4c(c3)C(O)CCS4=O)nc2N)n1.OCCc1ccccc1. The number of nitrogens with two attached hydrogens (primary N) is 1. The summed E-state index contributed by atoms with van der Waals surface area (Å²) in [6, 6.07) is 15.2. The third kappa shape index (κ3) is 6.07. The Bertz CT molecular complexity index is 1310. The average molecular weight is 495 g/mol. The zero-order valence-electron chi connectivity index (χ0n) is 19.1. The van der Waals surface area contributed by atoms with Crippen LogP contribution in [0.1, 0.15) is 29.5 Å². The molecule has 0 aliphatic carbocycles. The number of nitrogens with zero attached hydrogens (tertiary/aromatic N) is 4. The van der Waals surface area contributed by atoms with Crippen molar-refractivity contribution >= 4 is 28.3 Å². The Kier molecular flexibility index (Phi) is 7.80. The van der Waals surface area contributed by atoms with Crippen LogP contribution in [0.3, 0.4) is 0 Å². The Labute approximate surface area is 204 Å². The molecule has 0 fully saturated rings. The minimum absolute atomic E-state index is 0.199. The number of aryl methyl sites for hydroxylation is 1. The summed E-state index contributed by atoms with van der Waals surface area (Å²) < 4.78 is 17.1. The molecule has 2 atom stereocenters. The number of nitrogens with one attached hydrogen (secondary N) is 1. The van der Waals surface area contributed by atoms with Gasteiger partial charge in [0.25, 0.3) is 5.89 Å². The van der Waals surface area contributed by atoms with Gasteiger partial charge in [0.15, 0.2) is 5.82 Å². The van der Waals surface area contributed by atoms with Crippen LogP contribution in [0.25, 0.3) is 11.5 Å². The summed E-state index contributed by atoms with van der Waals surface area (Å²) in [6.45, 7) is 1.95. The summed E-state index contributed by atoms with van der Waals surface area (Å²) in [5.41, 5.74) is 8.94. The Morgan fingerprint density at radius 2 is 2.00 bits per heavy atom. The second-order valence-corrected chi connectivity index (χ2v) is 9.37. The van der Waals surface area contributed by atoms with Crippen molar-refractivity contribution in [2.75, 3.05) is 23.4 Å². The zero-order chi connectivity index (χ0) is 24.8. The molecule has 1 aliphatic heterocycles. The van der Waals surface area contributed by atoms with Crippen LogP contribution >= 0.6 is 0 Å². The number of aliphatic hydroxyl groups is 2. The van der Waals surface area contributed by atoms with Gasteiger partial charge in [-0.25, -0.2) is 4.98 Å². The Morgan fingerprint density at radius 1 is 1.20 bits per heavy atom. The highest BCUT2D eigenvalue weighted by Crippen LogP contribution is 2.32. The lowest BCUT2D eigenvalue weighted by atomic mass is 10.1. The third-order valence-corrected chi connectivity index (χ3v) is 6.74. The molecular weight excluding hydrogens is 468 g/mol. The number of aromatic nitrogens is 4. The lowest BCUT2D eigenvalue weighted by Gasteiger charge is -2.21. The number of fused-ring (bicyclic) bond motifs is 1.